The van der Waals surface area contributed by atoms with Crippen LogP contribution < -0.4 is 5.32 Å². The number of aromatic nitrogens is 1. The van der Waals surface area contributed by atoms with Crippen LogP contribution >= 0.6 is 23.2 Å². The molecule has 0 bridgehead atoms. The number of nitrogens with one attached hydrogen (secondary N) is 1. The minimum atomic E-state index is -3.59. The molecule has 9 heteroatoms. The number of amides is 1. The summed E-state index contributed by atoms with van der Waals surface area (Å²) in [6.45, 7) is 0.947. The van der Waals surface area contributed by atoms with Gasteiger partial charge in [0.05, 0.1) is 11.7 Å². The van der Waals surface area contributed by atoms with E-state index >= 15 is 0 Å². The average Bonchev–Trinajstić information content (AvgIpc) is 2.69. The zero-order valence-electron chi connectivity index (χ0n) is 15.1. The Labute approximate surface area is 174 Å². The Morgan fingerprint density at radius 1 is 1.29 bits per heavy atom. The van der Waals surface area contributed by atoms with Gasteiger partial charge >= 0.3 is 0 Å². The van der Waals surface area contributed by atoms with Gasteiger partial charge in [-0.05, 0) is 42.2 Å². The first-order valence-corrected chi connectivity index (χ1v) is 11.3. The van der Waals surface area contributed by atoms with Crippen molar-refractivity contribution in [3.63, 3.8) is 0 Å². The summed E-state index contributed by atoms with van der Waals surface area (Å²) in [6.07, 6.45) is 4.65. The molecule has 1 saturated heterocycles. The van der Waals surface area contributed by atoms with Crippen LogP contribution in [0.3, 0.4) is 0 Å². The molecular weight excluding hydrogens is 421 g/mol. The van der Waals surface area contributed by atoms with E-state index < -0.39 is 10.0 Å². The van der Waals surface area contributed by atoms with Crippen molar-refractivity contribution in [2.24, 2.45) is 5.92 Å². The second kappa shape index (κ2) is 9.22. The number of hydrogen-bond donors (Lipinski definition) is 1. The van der Waals surface area contributed by atoms with Crippen LogP contribution in [0.1, 0.15) is 24.0 Å². The number of carbonyl (C=O) groups is 1. The molecule has 0 radical (unpaired) electrons. The molecule has 0 aliphatic carbocycles. The molecule has 1 N–H and O–H groups in total. The minimum absolute atomic E-state index is 0.145. The van der Waals surface area contributed by atoms with Crippen LogP contribution in [0.15, 0.2) is 42.7 Å². The highest BCUT2D eigenvalue weighted by Crippen LogP contribution is 2.26. The molecule has 1 aromatic heterocycles. The van der Waals surface area contributed by atoms with Gasteiger partial charge in [-0.15, -0.1) is 0 Å². The third kappa shape index (κ3) is 5.44. The van der Waals surface area contributed by atoms with E-state index in [0.717, 1.165) is 5.56 Å². The van der Waals surface area contributed by atoms with Crippen molar-refractivity contribution in [2.45, 2.75) is 25.1 Å². The standard InChI is InChI=1S/C19H21Cl2N3O3S/c20-17-6-5-16(18(21)9-17)13-28(26,27)24-8-2-4-15(12-24)19(25)23-11-14-3-1-7-22-10-14/h1,3,5-7,9-10,15H,2,4,8,11-13H2,(H,23,25)/t15-/m1/s1. The summed E-state index contributed by atoms with van der Waals surface area (Å²) in [5.41, 5.74) is 1.39. The monoisotopic (exact) mass is 441 g/mol. The fourth-order valence-electron chi connectivity index (χ4n) is 3.17. The normalized spacial score (nSPS) is 18.0. The lowest BCUT2D eigenvalue weighted by Crippen LogP contribution is -2.45. The van der Waals surface area contributed by atoms with Crippen LogP contribution in [0.25, 0.3) is 0 Å². The van der Waals surface area contributed by atoms with Crippen LogP contribution in [0.4, 0.5) is 0 Å². The van der Waals surface area contributed by atoms with Crippen molar-refractivity contribution in [3.05, 3.63) is 63.9 Å². The summed E-state index contributed by atoms with van der Waals surface area (Å²) in [5.74, 6) is -0.735. The number of benzene rings is 1. The highest BCUT2D eigenvalue weighted by molar-refractivity contribution is 7.88. The Bertz CT molecular complexity index is 939. The highest BCUT2D eigenvalue weighted by Gasteiger charge is 2.32. The molecule has 3 rings (SSSR count). The number of nitrogens with zero attached hydrogens (tertiary/aromatic N) is 2. The molecule has 150 valence electrons. The zero-order chi connectivity index (χ0) is 20.1. The van der Waals surface area contributed by atoms with E-state index in [0.29, 0.717) is 41.5 Å². The van der Waals surface area contributed by atoms with E-state index in [1.165, 1.54) is 10.4 Å². The van der Waals surface area contributed by atoms with Crippen LogP contribution in [0, 0.1) is 5.92 Å². The number of pyridine rings is 1. The highest BCUT2D eigenvalue weighted by atomic mass is 35.5. The predicted molar refractivity (Wildman–Crippen MR) is 109 cm³/mol. The molecule has 1 aromatic carbocycles. The van der Waals surface area contributed by atoms with Crippen LogP contribution in [0.5, 0.6) is 0 Å². The Hall–Kier alpha value is -1.67. The predicted octanol–water partition coefficient (Wildman–Crippen LogP) is 3.25. The average molecular weight is 442 g/mol. The SMILES string of the molecule is O=C(NCc1cccnc1)[C@@H]1CCCN(S(=O)(=O)Cc2ccc(Cl)cc2Cl)C1. The molecule has 0 saturated carbocycles. The summed E-state index contributed by atoms with van der Waals surface area (Å²) < 4.78 is 27.1. The number of rotatable bonds is 6. The number of sulfonamides is 1. The second-order valence-corrected chi connectivity index (χ2v) is 9.58. The van der Waals surface area contributed by atoms with E-state index in [4.69, 9.17) is 23.2 Å². The number of hydrogen-bond acceptors (Lipinski definition) is 4. The molecule has 1 aliphatic rings. The molecule has 1 aliphatic heterocycles. The quantitative estimate of drug-likeness (QED) is 0.745. The second-order valence-electron chi connectivity index (χ2n) is 6.77. The maximum atomic E-state index is 12.8. The first kappa shape index (κ1) is 21.0. The molecule has 28 heavy (non-hydrogen) atoms. The van der Waals surface area contributed by atoms with Crippen LogP contribution in [-0.2, 0) is 27.1 Å². The lowest BCUT2D eigenvalue weighted by Gasteiger charge is -2.31. The Morgan fingerprint density at radius 2 is 2.11 bits per heavy atom. The molecule has 0 unspecified atom stereocenters. The molecule has 6 nitrogen and oxygen atoms in total. The lowest BCUT2D eigenvalue weighted by atomic mass is 9.99. The molecular formula is C19H21Cl2N3O3S. The van der Waals surface area contributed by atoms with Crippen molar-refractivity contribution in [2.75, 3.05) is 13.1 Å². The molecule has 1 amide bonds. The smallest absolute Gasteiger partial charge is 0.224 e. The largest absolute Gasteiger partial charge is 0.352 e. The fourth-order valence-corrected chi connectivity index (χ4v) is 5.37. The van der Waals surface area contributed by atoms with Crippen LogP contribution in [0.2, 0.25) is 10.0 Å². The summed E-state index contributed by atoms with van der Waals surface area (Å²) in [4.78, 5) is 16.5. The van der Waals surface area contributed by atoms with E-state index in [9.17, 15) is 13.2 Å². The van der Waals surface area contributed by atoms with Crippen molar-refractivity contribution < 1.29 is 13.2 Å². The topological polar surface area (TPSA) is 79.4 Å². The first-order chi connectivity index (χ1) is 13.3. The Morgan fingerprint density at radius 3 is 2.82 bits per heavy atom. The van der Waals surface area contributed by atoms with Gasteiger partial charge < -0.3 is 5.32 Å². The number of carbonyl (C=O) groups excluding carboxylic acids is 1. The van der Waals surface area contributed by atoms with Crippen molar-refractivity contribution >= 4 is 39.1 Å². The number of piperidine rings is 1. The first-order valence-electron chi connectivity index (χ1n) is 8.93. The summed E-state index contributed by atoms with van der Waals surface area (Å²) in [6, 6.07) is 8.44. The van der Waals surface area contributed by atoms with E-state index in [-0.39, 0.29) is 24.1 Å². The maximum Gasteiger partial charge on any atom is 0.224 e. The third-order valence-corrected chi connectivity index (χ3v) is 7.07. The van der Waals surface area contributed by atoms with Gasteiger partial charge in [0.25, 0.3) is 0 Å². The fraction of sp³-hybridized carbons (Fsp3) is 0.368. The van der Waals surface area contributed by atoms with Crippen molar-refractivity contribution in [1.29, 1.82) is 0 Å². The van der Waals surface area contributed by atoms with Gasteiger partial charge in [-0.2, -0.15) is 0 Å². The summed E-state index contributed by atoms with van der Waals surface area (Å²) in [7, 11) is -3.59. The third-order valence-electron chi connectivity index (χ3n) is 4.69. The summed E-state index contributed by atoms with van der Waals surface area (Å²) >= 11 is 12.0. The van der Waals surface area contributed by atoms with Crippen molar-refractivity contribution in [3.8, 4) is 0 Å². The minimum Gasteiger partial charge on any atom is -0.352 e. The van der Waals surface area contributed by atoms with Gasteiger partial charge in [0, 0.05) is 42.1 Å². The molecule has 2 heterocycles. The maximum absolute atomic E-state index is 12.8. The molecule has 2 aromatic rings. The van der Waals surface area contributed by atoms with Gasteiger partial charge in [-0.3, -0.25) is 9.78 Å². The van der Waals surface area contributed by atoms with E-state index in [1.807, 2.05) is 6.07 Å². The molecule has 1 atom stereocenters. The van der Waals surface area contributed by atoms with Gasteiger partial charge in [-0.25, -0.2) is 12.7 Å². The van der Waals surface area contributed by atoms with Gasteiger partial charge in [0.15, 0.2) is 0 Å². The Balaban J connectivity index is 1.62. The van der Waals surface area contributed by atoms with Crippen LogP contribution in [-0.4, -0.2) is 36.7 Å². The van der Waals surface area contributed by atoms with Crippen molar-refractivity contribution in [1.82, 2.24) is 14.6 Å². The Kier molecular flexibility index (Phi) is 6.93. The zero-order valence-corrected chi connectivity index (χ0v) is 17.5. The van der Waals surface area contributed by atoms with Gasteiger partial charge in [0.1, 0.15) is 0 Å². The van der Waals surface area contributed by atoms with Gasteiger partial charge in [-0.1, -0.05) is 35.3 Å². The van der Waals surface area contributed by atoms with Gasteiger partial charge in [0.2, 0.25) is 15.9 Å². The number of halogens is 2. The summed E-state index contributed by atoms with van der Waals surface area (Å²) in [5, 5.41) is 3.64. The molecule has 1 fully saturated rings. The van der Waals surface area contributed by atoms with E-state index in [1.54, 1.807) is 30.6 Å². The molecule has 0 spiro atoms. The lowest BCUT2D eigenvalue weighted by molar-refractivity contribution is -0.126. The van der Waals surface area contributed by atoms with E-state index in [2.05, 4.69) is 10.3 Å².